The molecule has 0 saturated heterocycles. The summed E-state index contributed by atoms with van der Waals surface area (Å²) in [4.78, 5) is 23.0. The smallest absolute Gasteiger partial charge is 0.274 e. The molecule has 2 heterocycles. The topological polar surface area (TPSA) is 46.1 Å². The molecule has 0 spiro atoms. The van der Waals surface area contributed by atoms with Crippen LogP contribution in [0.15, 0.2) is 29.9 Å². The monoisotopic (exact) mass is 247 g/mol. The van der Waals surface area contributed by atoms with Crippen molar-refractivity contribution in [1.29, 1.82) is 0 Å². The van der Waals surface area contributed by atoms with E-state index >= 15 is 0 Å². The fourth-order valence-corrected chi connectivity index (χ4v) is 2.23. The van der Waals surface area contributed by atoms with Gasteiger partial charge < -0.3 is 4.90 Å². The average molecular weight is 247 g/mol. The standard InChI is InChI=1S/C12H13N3OS/c1-9-6-13-7-11(14-9)12(16)15(2)8-10-4-3-5-17-10/h3-7H,8H2,1-2H3. The van der Waals surface area contributed by atoms with E-state index in [0.29, 0.717) is 12.2 Å². The van der Waals surface area contributed by atoms with Crippen LogP contribution in [-0.4, -0.2) is 27.8 Å². The molecule has 0 aliphatic carbocycles. The Bertz CT molecular complexity index is 510. The molecule has 2 rings (SSSR count). The lowest BCUT2D eigenvalue weighted by Crippen LogP contribution is -2.26. The molecule has 0 fully saturated rings. The van der Waals surface area contributed by atoms with Gasteiger partial charge in [0.2, 0.25) is 0 Å². The highest BCUT2D eigenvalue weighted by Crippen LogP contribution is 2.12. The minimum Gasteiger partial charge on any atom is -0.335 e. The van der Waals surface area contributed by atoms with Gasteiger partial charge in [0, 0.05) is 18.1 Å². The van der Waals surface area contributed by atoms with Gasteiger partial charge in [0.25, 0.3) is 5.91 Å². The number of nitrogens with zero attached hydrogens (tertiary/aromatic N) is 3. The predicted molar refractivity (Wildman–Crippen MR) is 66.9 cm³/mol. The second-order valence-electron chi connectivity index (χ2n) is 3.79. The van der Waals surface area contributed by atoms with Crippen molar-refractivity contribution >= 4 is 17.2 Å². The van der Waals surface area contributed by atoms with E-state index in [1.165, 1.54) is 6.20 Å². The third-order valence-corrected chi connectivity index (χ3v) is 3.16. The van der Waals surface area contributed by atoms with Crippen LogP contribution in [0, 0.1) is 6.92 Å². The van der Waals surface area contributed by atoms with Gasteiger partial charge in [-0.2, -0.15) is 0 Å². The summed E-state index contributed by atoms with van der Waals surface area (Å²) in [5, 5.41) is 2.00. The zero-order valence-electron chi connectivity index (χ0n) is 9.75. The summed E-state index contributed by atoms with van der Waals surface area (Å²) in [6, 6.07) is 3.99. The van der Waals surface area contributed by atoms with E-state index in [1.54, 1.807) is 29.5 Å². The Hall–Kier alpha value is -1.75. The van der Waals surface area contributed by atoms with Crippen LogP contribution in [0.5, 0.6) is 0 Å². The SMILES string of the molecule is Cc1cncc(C(=O)N(C)Cc2cccs2)n1. The summed E-state index contributed by atoms with van der Waals surface area (Å²) in [5.41, 5.74) is 1.14. The molecule has 1 amide bonds. The second-order valence-corrected chi connectivity index (χ2v) is 4.82. The molecule has 0 aromatic carbocycles. The van der Waals surface area contributed by atoms with Gasteiger partial charge >= 0.3 is 0 Å². The van der Waals surface area contributed by atoms with Crippen molar-refractivity contribution in [2.24, 2.45) is 0 Å². The van der Waals surface area contributed by atoms with E-state index in [2.05, 4.69) is 9.97 Å². The van der Waals surface area contributed by atoms with Crippen LogP contribution < -0.4 is 0 Å². The molecule has 0 aliphatic rings. The molecule has 2 aromatic heterocycles. The molecular formula is C12H13N3OS. The summed E-state index contributed by atoms with van der Waals surface area (Å²) in [7, 11) is 1.77. The summed E-state index contributed by atoms with van der Waals surface area (Å²) < 4.78 is 0. The van der Waals surface area contributed by atoms with Gasteiger partial charge in [0.05, 0.1) is 18.4 Å². The van der Waals surface area contributed by atoms with E-state index < -0.39 is 0 Å². The number of amides is 1. The van der Waals surface area contributed by atoms with Gasteiger partial charge in [-0.25, -0.2) is 4.98 Å². The first-order valence-electron chi connectivity index (χ1n) is 5.23. The van der Waals surface area contributed by atoms with Crippen LogP contribution in [0.2, 0.25) is 0 Å². The van der Waals surface area contributed by atoms with Crippen LogP contribution in [0.25, 0.3) is 0 Å². The first kappa shape index (κ1) is 11.7. The zero-order chi connectivity index (χ0) is 12.3. The Kier molecular flexibility index (Phi) is 3.49. The van der Waals surface area contributed by atoms with Crippen LogP contribution in [0.4, 0.5) is 0 Å². The number of carbonyl (C=O) groups is 1. The van der Waals surface area contributed by atoms with Crippen molar-refractivity contribution in [3.05, 3.63) is 46.2 Å². The van der Waals surface area contributed by atoms with Crippen LogP contribution in [0.1, 0.15) is 21.1 Å². The minimum absolute atomic E-state index is 0.102. The van der Waals surface area contributed by atoms with Crippen LogP contribution >= 0.6 is 11.3 Å². The maximum absolute atomic E-state index is 12.1. The number of hydrogen-bond donors (Lipinski definition) is 0. The quantitative estimate of drug-likeness (QED) is 0.834. The van der Waals surface area contributed by atoms with Gasteiger partial charge in [-0.15, -0.1) is 11.3 Å². The van der Waals surface area contributed by atoms with Gasteiger partial charge in [-0.05, 0) is 18.4 Å². The zero-order valence-corrected chi connectivity index (χ0v) is 10.6. The van der Waals surface area contributed by atoms with E-state index in [1.807, 2.05) is 24.4 Å². The lowest BCUT2D eigenvalue weighted by molar-refractivity contribution is 0.0780. The molecule has 0 atom stereocenters. The van der Waals surface area contributed by atoms with Crippen molar-refractivity contribution in [1.82, 2.24) is 14.9 Å². The number of rotatable bonds is 3. The largest absolute Gasteiger partial charge is 0.335 e. The number of thiophene rings is 1. The molecule has 5 heteroatoms. The Labute approximate surface area is 104 Å². The number of aromatic nitrogens is 2. The Balaban J connectivity index is 2.09. The molecule has 2 aromatic rings. The maximum atomic E-state index is 12.1. The fraction of sp³-hybridized carbons (Fsp3) is 0.250. The van der Waals surface area contributed by atoms with Crippen molar-refractivity contribution in [3.8, 4) is 0 Å². The molecule has 17 heavy (non-hydrogen) atoms. The third kappa shape index (κ3) is 2.88. The van der Waals surface area contributed by atoms with E-state index in [9.17, 15) is 4.79 Å². The lowest BCUT2D eigenvalue weighted by Gasteiger charge is -2.15. The van der Waals surface area contributed by atoms with Crippen molar-refractivity contribution in [2.75, 3.05) is 7.05 Å². The first-order chi connectivity index (χ1) is 8.16. The van der Waals surface area contributed by atoms with Crippen LogP contribution in [-0.2, 0) is 6.54 Å². The van der Waals surface area contributed by atoms with Gasteiger partial charge in [-0.3, -0.25) is 9.78 Å². The Morgan fingerprint density at radius 3 is 2.94 bits per heavy atom. The number of aryl methyl sites for hydroxylation is 1. The molecule has 0 unspecified atom stereocenters. The normalized spacial score (nSPS) is 10.2. The van der Waals surface area contributed by atoms with Crippen molar-refractivity contribution in [2.45, 2.75) is 13.5 Å². The first-order valence-corrected chi connectivity index (χ1v) is 6.11. The Morgan fingerprint density at radius 1 is 1.47 bits per heavy atom. The molecule has 0 N–H and O–H groups in total. The molecule has 0 saturated carbocycles. The molecule has 0 bridgehead atoms. The predicted octanol–water partition coefficient (Wildman–Crippen LogP) is 2.12. The Morgan fingerprint density at radius 2 is 2.29 bits per heavy atom. The fourth-order valence-electron chi connectivity index (χ4n) is 1.47. The van der Waals surface area contributed by atoms with Gasteiger partial charge in [-0.1, -0.05) is 6.07 Å². The second kappa shape index (κ2) is 5.05. The molecule has 0 aliphatic heterocycles. The van der Waals surface area contributed by atoms with E-state index in [0.717, 1.165) is 10.6 Å². The van der Waals surface area contributed by atoms with Crippen LogP contribution in [0.3, 0.4) is 0 Å². The summed E-state index contributed by atoms with van der Waals surface area (Å²) in [6.07, 6.45) is 3.14. The molecule has 88 valence electrons. The maximum Gasteiger partial charge on any atom is 0.274 e. The molecule has 4 nitrogen and oxygen atoms in total. The third-order valence-electron chi connectivity index (χ3n) is 2.29. The van der Waals surface area contributed by atoms with E-state index in [4.69, 9.17) is 0 Å². The van der Waals surface area contributed by atoms with Crippen molar-refractivity contribution < 1.29 is 4.79 Å². The summed E-state index contributed by atoms with van der Waals surface area (Å²) in [6.45, 7) is 2.43. The lowest BCUT2D eigenvalue weighted by atomic mass is 10.3. The van der Waals surface area contributed by atoms with Gasteiger partial charge in [0.1, 0.15) is 5.69 Å². The number of hydrogen-bond acceptors (Lipinski definition) is 4. The molecule has 0 radical (unpaired) electrons. The van der Waals surface area contributed by atoms with Gasteiger partial charge in [0.15, 0.2) is 0 Å². The van der Waals surface area contributed by atoms with E-state index in [-0.39, 0.29) is 5.91 Å². The summed E-state index contributed by atoms with van der Waals surface area (Å²) >= 11 is 1.64. The average Bonchev–Trinajstić information content (AvgIpc) is 2.80. The highest BCUT2D eigenvalue weighted by molar-refractivity contribution is 7.09. The minimum atomic E-state index is -0.102. The van der Waals surface area contributed by atoms with Crippen molar-refractivity contribution in [3.63, 3.8) is 0 Å². The number of carbonyl (C=O) groups excluding carboxylic acids is 1. The highest BCUT2D eigenvalue weighted by atomic mass is 32.1. The summed E-state index contributed by atoms with van der Waals surface area (Å²) in [5.74, 6) is -0.102. The molecular weight excluding hydrogens is 234 g/mol. The highest BCUT2D eigenvalue weighted by Gasteiger charge is 2.14.